The number of Topliss-reactive ketones (excluding diaryl/α,β-unsaturated/α-hetero) is 1. The highest BCUT2D eigenvalue weighted by atomic mass is 19.4. The van der Waals surface area contributed by atoms with Crippen molar-refractivity contribution < 1.29 is 27.1 Å². The molecule has 0 unspecified atom stereocenters. The Bertz CT molecular complexity index is 678. The third-order valence-electron chi connectivity index (χ3n) is 2.78. The second kappa shape index (κ2) is 5.55. The number of para-hydroxylation sites is 1. The molecule has 6 heteroatoms. The summed E-state index contributed by atoms with van der Waals surface area (Å²) in [6.07, 6.45) is -4.88. The van der Waals surface area contributed by atoms with Crippen molar-refractivity contribution >= 4 is 5.78 Å². The second-order valence-electron chi connectivity index (χ2n) is 4.29. The Morgan fingerprint density at radius 1 is 1.05 bits per heavy atom. The van der Waals surface area contributed by atoms with Crippen LogP contribution in [0.5, 0.6) is 5.75 Å². The van der Waals surface area contributed by atoms with Crippen molar-refractivity contribution in [2.75, 3.05) is 0 Å². The van der Waals surface area contributed by atoms with Crippen LogP contribution in [0.2, 0.25) is 0 Å². The lowest BCUT2D eigenvalue weighted by molar-refractivity contribution is -0.274. The lowest BCUT2D eigenvalue weighted by Crippen LogP contribution is -2.17. The SMILES string of the molecule is CC(=O)c1ccc(F)c(-c2ccccc2OC(F)(F)F)c1. The van der Waals surface area contributed by atoms with Crippen LogP contribution in [0.1, 0.15) is 17.3 Å². The number of hydrogen-bond donors (Lipinski definition) is 0. The molecule has 0 aliphatic rings. The zero-order valence-electron chi connectivity index (χ0n) is 10.9. The van der Waals surface area contributed by atoms with Gasteiger partial charge in [-0.15, -0.1) is 13.2 Å². The Morgan fingerprint density at radius 2 is 1.71 bits per heavy atom. The first-order chi connectivity index (χ1) is 9.78. The summed E-state index contributed by atoms with van der Waals surface area (Å²) >= 11 is 0. The molecular weight excluding hydrogens is 288 g/mol. The standard InChI is InChI=1S/C15H10F4O2/c1-9(20)10-6-7-13(16)12(8-10)11-4-2-3-5-14(11)21-15(17,18)19/h2-8H,1H3. The number of halogens is 4. The summed E-state index contributed by atoms with van der Waals surface area (Å²) in [6.45, 7) is 1.29. The van der Waals surface area contributed by atoms with E-state index in [4.69, 9.17) is 0 Å². The quantitative estimate of drug-likeness (QED) is 0.612. The molecule has 2 rings (SSSR count). The van der Waals surface area contributed by atoms with E-state index < -0.39 is 17.9 Å². The smallest absolute Gasteiger partial charge is 0.405 e. The van der Waals surface area contributed by atoms with Crippen molar-refractivity contribution in [1.82, 2.24) is 0 Å². The predicted molar refractivity (Wildman–Crippen MR) is 68.5 cm³/mol. The number of ether oxygens (including phenoxy) is 1. The number of alkyl halides is 3. The molecule has 2 nitrogen and oxygen atoms in total. The summed E-state index contributed by atoms with van der Waals surface area (Å²) in [5.74, 6) is -1.58. The molecule has 0 saturated carbocycles. The lowest BCUT2D eigenvalue weighted by Gasteiger charge is -2.14. The van der Waals surface area contributed by atoms with Crippen LogP contribution in [0, 0.1) is 5.82 Å². The molecule has 0 atom stereocenters. The highest BCUT2D eigenvalue weighted by Gasteiger charge is 2.32. The van der Waals surface area contributed by atoms with E-state index in [0.717, 1.165) is 12.1 Å². The maximum atomic E-state index is 13.9. The highest BCUT2D eigenvalue weighted by molar-refractivity contribution is 5.95. The summed E-state index contributed by atoms with van der Waals surface area (Å²) in [7, 11) is 0. The van der Waals surface area contributed by atoms with Crippen molar-refractivity contribution in [1.29, 1.82) is 0 Å². The van der Waals surface area contributed by atoms with Crippen LogP contribution in [0.4, 0.5) is 17.6 Å². The molecule has 110 valence electrons. The Labute approximate surface area is 118 Å². The minimum atomic E-state index is -4.88. The topological polar surface area (TPSA) is 26.3 Å². The average Bonchev–Trinajstić information content (AvgIpc) is 2.38. The van der Waals surface area contributed by atoms with Crippen molar-refractivity contribution in [3.05, 3.63) is 53.8 Å². The number of rotatable bonds is 3. The number of hydrogen-bond acceptors (Lipinski definition) is 2. The average molecular weight is 298 g/mol. The molecule has 2 aromatic carbocycles. The number of ketones is 1. The fourth-order valence-corrected chi connectivity index (χ4v) is 1.85. The molecule has 0 amide bonds. The minimum absolute atomic E-state index is 0.0737. The molecule has 0 heterocycles. The zero-order chi connectivity index (χ0) is 15.6. The van der Waals surface area contributed by atoms with Gasteiger partial charge in [-0.1, -0.05) is 18.2 Å². The fourth-order valence-electron chi connectivity index (χ4n) is 1.85. The van der Waals surface area contributed by atoms with Crippen LogP contribution in [-0.4, -0.2) is 12.1 Å². The Balaban J connectivity index is 2.56. The van der Waals surface area contributed by atoms with E-state index in [1.165, 1.54) is 37.3 Å². The van der Waals surface area contributed by atoms with Crippen LogP contribution in [-0.2, 0) is 0 Å². The van der Waals surface area contributed by atoms with Crippen molar-refractivity contribution in [3.8, 4) is 16.9 Å². The first kappa shape index (κ1) is 15.0. The van der Waals surface area contributed by atoms with Gasteiger partial charge in [-0.05, 0) is 31.2 Å². The summed E-state index contributed by atoms with van der Waals surface area (Å²) in [6, 6.07) is 8.70. The van der Waals surface area contributed by atoms with Gasteiger partial charge in [0.05, 0.1) is 0 Å². The van der Waals surface area contributed by atoms with Crippen LogP contribution in [0.3, 0.4) is 0 Å². The van der Waals surface area contributed by atoms with E-state index in [1.54, 1.807) is 0 Å². The highest BCUT2D eigenvalue weighted by Crippen LogP contribution is 2.35. The van der Waals surface area contributed by atoms with Crippen molar-refractivity contribution in [2.24, 2.45) is 0 Å². The third-order valence-corrected chi connectivity index (χ3v) is 2.78. The first-order valence-corrected chi connectivity index (χ1v) is 5.93. The lowest BCUT2D eigenvalue weighted by atomic mass is 10.00. The zero-order valence-corrected chi connectivity index (χ0v) is 10.9. The van der Waals surface area contributed by atoms with E-state index in [2.05, 4.69) is 4.74 Å². The summed E-state index contributed by atoms with van der Waals surface area (Å²) < 4.78 is 54.9. The molecule has 0 bridgehead atoms. The van der Waals surface area contributed by atoms with E-state index in [-0.39, 0.29) is 22.5 Å². The maximum absolute atomic E-state index is 13.9. The van der Waals surface area contributed by atoms with E-state index in [9.17, 15) is 22.4 Å². The molecule has 0 aliphatic heterocycles. The van der Waals surface area contributed by atoms with Gasteiger partial charge in [0.2, 0.25) is 0 Å². The summed E-state index contributed by atoms with van der Waals surface area (Å²) in [5, 5.41) is 0. The van der Waals surface area contributed by atoms with Gasteiger partial charge in [0.15, 0.2) is 5.78 Å². The molecule has 0 fully saturated rings. The van der Waals surface area contributed by atoms with Gasteiger partial charge >= 0.3 is 6.36 Å². The Morgan fingerprint density at radius 3 is 2.33 bits per heavy atom. The van der Waals surface area contributed by atoms with E-state index >= 15 is 0 Å². The predicted octanol–water partition coefficient (Wildman–Crippen LogP) is 4.59. The van der Waals surface area contributed by atoms with Crippen molar-refractivity contribution in [2.45, 2.75) is 13.3 Å². The van der Waals surface area contributed by atoms with Crippen molar-refractivity contribution in [3.63, 3.8) is 0 Å². The van der Waals surface area contributed by atoms with Crippen LogP contribution < -0.4 is 4.74 Å². The largest absolute Gasteiger partial charge is 0.573 e. The normalized spacial score (nSPS) is 11.3. The molecule has 2 aromatic rings. The van der Waals surface area contributed by atoms with Gasteiger partial charge in [-0.3, -0.25) is 4.79 Å². The van der Waals surface area contributed by atoms with Crippen LogP contribution in [0.15, 0.2) is 42.5 Å². The summed E-state index contributed by atoms with van der Waals surface area (Å²) in [5.41, 5.74) is 0.00573. The third kappa shape index (κ3) is 3.59. The number of carbonyl (C=O) groups is 1. The van der Waals surface area contributed by atoms with Gasteiger partial charge in [0, 0.05) is 16.7 Å². The van der Waals surface area contributed by atoms with Gasteiger partial charge < -0.3 is 4.74 Å². The maximum Gasteiger partial charge on any atom is 0.573 e. The number of benzene rings is 2. The van der Waals surface area contributed by atoms with Gasteiger partial charge in [-0.2, -0.15) is 0 Å². The minimum Gasteiger partial charge on any atom is -0.405 e. The molecular formula is C15H10F4O2. The molecule has 0 aromatic heterocycles. The van der Waals surface area contributed by atoms with Gasteiger partial charge in [0.1, 0.15) is 11.6 Å². The van der Waals surface area contributed by atoms with Crippen LogP contribution in [0.25, 0.3) is 11.1 Å². The molecule has 0 saturated heterocycles. The molecule has 0 spiro atoms. The second-order valence-corrected chi connectivity index (χ2v) is 4.29. The molecule has 0 N–H and O–H groups in total. The monoisotopic (exact) mass is 298 g/mol. The molecule has 0 radical (unpaired) electrons. The molecule has 21 heavy (non-hydrogen) atoms. The van der Waals surface area contributed by atoms with Gasteiger partial charge in [0.25, 0.3) is 0 Å². The van der Waals surface area contributed by atoms with Crippen LogP contribution >= 0.6 is 0 Å². The van der Waals surface area contributed by atoms with Gasteiger partial charge in [-0.25, -0.2) is 4.39 Å². The van der Waals surface area contributed by atoms with E-state index in [1.807, 2.05) is 0 Å². The van der Waals surface area contributed by atoms with E-state index in [0.29, 0.717) is 0 Å². The fraction of sp³-hybridized carbons (Fsp3) is 0.133. The summed E-state index contributed by atoms with van der Waals surface area (Å²) in [4.78, 5) is 11.3. The number of carbonyl (C=O) groups excluding carboxylic acids is 1. The Kier molecular flexibility index (Phi) is 3.97. The molecule has 0 aliphatic carbocycles. The Hall–Kier alpha value is -2.37. The first-order valence-electron chi connectivity index (χ1n) is 5.93.